The summed E-state index contributed by atoms with van der Waals surface area (Å²) in [6, 6.07) is 7.36. The van der Waals surface area contributed by atoms with Crippen LogP contribution in [0.3, 0.4) is 0 Å². The van der Waals surface area contributed by atoms with Crippen molar-refractivity contribution in [2.45, 2.75) is 31.3 Å². The molecule has 0 aromatic heterocycles. The Hall–Kier alpha value is -0.910. The lowest BCUT2D eigenvalue weighted by molar-refractivity contribution is -0.139. The van der Waals surface area contributed by atoms with Gasteiger partial charge in [0.15, 0.2) is 0 Å². The third-order valence-electron chi connectivity index (χ3n) is 3.63. The highest BCUT2D eigenvalue weighted by molar-refractivity contribution is 9.10. The molecule has 104 valence electrons. The van der Waals surface area contributed by atoms with E-state index >= 15 is 0 Å². The lowest BCUT2D eigenvalue weighted by Gasteiger charge is -2.29. The fraction of sp³-hybridized carbons (Fsp3) is 0.500. The molecule has 0 unspecified atom stereocenters. The third-order valence-corrected chi connectivity index (χ3v) is 4.16. The van der Waals surface area contributed by atoms with Crippen LogP contribution < -0.4 is 5.73 Å². The minimum absolute atomic E-state index is 0.0988. The van der Waals surface area contributed by atoms with Gasteiger partial charge in [-0.25, -0.2) is 0 Å². The largest absolute Gasteiger partial charge is 0.480 e. The maximum absolute atomic E-state index is 11.0. The van der Waals surface area contributed by atoms with Crippen LogP contribution in [0.15, 0.2) is 28.7 Å². The zero-order chi connectivity index (χ0) is 13.8. The van der Waals surface area contributed by atoms with Crippen LogP contribution in [0.25, 0.3) is 0 Å². The molecule has 1 fully saturated rings. The molecule has 19 heavy (non-hydrogen) atoms. The average Bonchev–Trinajstić information content (AvgIpc) is 2.90. The first-order valence-corrected chi connectivity index (χ1v) is 7.35. The van der Waals surface area contributed by atoms with Gasteiger partial charge in [-0.15, -0.1) is 0 Å². The number of nitrogens with two attached hydrogens (primary N) is 1. The smallest absolute Gasteiger partial charge is 0.320 e. The van der Waals surface area contributed by atoms with Gasteiger partial charge in [-0.3, -0.25) is 9.69 Å². The third kappa shape index (κ3) is 3.78. The van der Waals surface area contributed by atoms with Gasteiger partial charge in [-0.05, 0) is 50.0 Å². The predicted molar refractivity (Wildman–Crippen MR) is 77.9 cm³/mol. The van der Waals surface area contributed by atoms with Crippen LogP contribution in [0.1, 0.15) is 30.9 Å². The standard InChI is InChI=1S/C14H19BrN2O2/c15-11-5-3-10(4-6-11)13(9-12(16)14(18)19)17-7-1-2-8-17/h3-6,12-13H,1-2,7-9,16H2,(H,18,19)/t12-,13+/m0/s1. The van der Waals surface area contributed by atoms with Crippen molar-refractivity contribution in [3.8, 4) is 0 Å². The Bertz CT molecular complexity index is 430. The number of carboxylic acid groups (broad SMARTS) is 1. The number of benzene rings is 1. The van der Waals surface area contributed by atoms with E-state index in [1.54, 1.807) is 0 Å². The van der Waals surface area contributed by atoms with E-state index in [4.69, 9.17) is 10.8 Å². The molecule has 0 radical (unpaired) electrons. The van der Waals surface area contributed by atoms with E-state index in [2.05, 4.69) is 20.8 Å². The topological polar surface area (TPSA) is 66.6 Å². The molecule has 0 amide bonds. The van der Waals surface area contributed by atoms with Crippen molar-refractivity contribution in [1.29, 1.82) is 0 Å². The molecule has 5 heteroatoms. The summed E-state index contributed by atoms with van der Waals surface area (Å²) in [6.45, 7) is 2.04. The van der Waals surface area contributed by atoms with E-state index < -0.39 is 12.0 Å². The maximum Gasteiger partial charge on any atom is 0.320 e. The fourth-order valence-corrected chi connectivity index (χ4v) is 2.84. The molecule has 1 heterocycles. The lowest BCUT2D eigenvalue weighted by Crippen LogP contribution is -2.36. The minimum Gasteiger partial charge on any atom is -0.480 e. The molecule has 0 saturated carbocycles. The fourth-order valence-electron chi connectivity index (χ4n) is 2.58. The normalized spacial score (nSPS) is 19.3. The number of nitrogens with zero attached hydrogens (tertiary/aromatic N) is 1. The number of hydrogen-bond acceptors (Lipinski definition) is 3. The van der Waals surface area contributed by atoms with Crippen LogP contribution in [0.4, 0.5) is 0 Å². The Kier molecular flexibility index (Phi) is 4.96. The highest BCUT2D eigenvalue weighted by Gasteiger charge is 2.27. The van der Waals surface area contributed by atoms with Gasteiger partial charge in [-0.2, -0.15) is 0 Å². The quantitative estimate of drug-likeness (QED) is 0.871. The molecule has 2 rings (SSSR count). The zero-order valence-corrected chi connectivity index (χ0v) is 12.3. The lowest BCUT2D eigenvalue weighted by atomic mass is 9.98. The predicted octanol–water partition coefficient (Wildman–Crippen LogP) is 2.39. The summed E-state index contributed by atoms with van der Waals surface area (Å²) >= 11 is 3.42. The van der Waals surface area contributed by atoms with E-state index in [1.165, 1.54) is 12.8 Å². The second-order valence-corrected chi connectivity index (χ2v) is 5.91. The first-order valence-electron chi connectivity index (χ1n) is 6.56. The Balaban J connectivity index is 2.17. The van der Waals surface area contributed by atoms with Crippen LogP contribution in [0.2, 0.25) is 0 Å². The van der Waals surface area contributed by atoms with Gasteiger partial charge in [-0.1, -0.05) is 28.1 Å². The number of carbonyl (C=O) groups is 1. The van der Waals surface area contributed by atoms with Crippen LogP contribution >= 0.6 is 15.9 Å². The summed E-state index contributed by atoms with van der Waals surface area (Å²) < 4.78 is 1.03. The maximum atomic E-state index is 11.0. The van der Waals surface area contributed by atoms with Crippen molar-refractivity contribution in [3.63, 3.8) is 0 Å². The van der Waals surface area contributed by atoms with Crippen molar-refractivity contribution in [1.82, 2.24) is 4.90 Å². The van der Waals surface area contributed by atoms with Crippen LogP contribution in [0, 0.1) is 0 Å². The molecule has 1 aromatic carbocycles. The molecule has 0 spiro atoms. The molecular weight excluding hydrogens is 308 g/mol. The van der Waals surface area contributed by atoms with Crippen molar-refractivity contribution >= 4 is 21.9 Å². The van der Waals surface area contributed by atoms with Gasteiger partial charge in [0.1, 0.15) is 6.04 Å². The summed E-state index contributed by atoms with van der Waals surface area (Å²) in [5.41, 5.74) is 6.86. The number of rotatable bonds is 5. The van der Waals surface area contributed by atoms with E-state index in [0.717, 1.165) is 23.1 Å². The van der Waals surface area contributed by atoms with Crippen LogP contribution in [-0.2, 0) is 4.79 Å². The molecule has 0 bridgehead atoms. The summed E-state index contributed by atoms with van der Waals surface area (Å²) in [4.78, 5) is 13.3. The first-order chi connectivity index (χ1) is 9.08. The highest BCUT2D eigenvalue weighted by atomic mass is 79.9. The number of carboxylic acids is 1. The van der Waals surface area contributed by atoms with E-state index in [-0.39, 0.29) is 6.04 Å². The van der Waals surface area contributed by atoms with Crippen molar-refractivity contribution in [2.24, 2.45) is 5.73 Å². The molecule has 3 N–H and O–H groups in total. The zero-order valence-electron chi connectivity index (χ0n) is 10.8. The Labute approximate surface area is 121 Å². The average molecular weight is 327 g/mol. The van der Waals surface area contributed by atoms with Crippen molar-refractivity contribution < 1.29 is 9.90 Å². The van der Waals surface area contributed by atoms with E-state index in [0.29, 0.717) is 6.42 Å². The summed E-state index contributed by atoms with van der Waals surface area (Å²) in [5.74, 6) is -0.929. The van der Waals surface area contributed by atoms with Crippen molar-refractivity contribution in [2.75, 3.05) is 13.1 Å². The SMILES string of the molecule is N[C@@H](C[C@H](c1ccc(Br)cc1)N1CCCC1)C(=O)O. The highest BCUT2D eigenvalue weighted by Crippen LogP contribution is 2.29. The molecule has 1 saturated heterocycles. The van der Waals surface area contributed by atoms with Gasteiger partial charge in [0.05, 0.1) is 0 Å². The van der Waals surface area contributed by atoms with Gasteiger partial charge in [0, 0.05) is 10.5 Å². The molecule has 4 nitrogen and oxygen atoms in total. The number of aliphatic carboxylic acids is 1. The summed E-state index contributed by atoms with van der Waals surface area (Å²) in [5, 5.41) is 9.01. The Morgan fingerprint density at radius 3 is 2.42 bits per heavy atom. The monoisotopic (exact) mass is 326 g/mol. The van der Waals surface area contributed by atoms with Crippen LogP contribution in [0.5, 0.6) is 0 Å². The number of halogens is 1. The molecule has 2 atom stereocenters. The molecule has 1 aliphatic rings. The van der Waals surface area contributed by atoms with Crippen molar-refractivity contribution in [3.05, 3.63) is 34.3 Å². The number of hydrogen-bond donors (Lipinski definition) is 2. The molecule has 1 aliphatic heterocycles. The van der Waals surface area contributed by atoms with Gasteiger partial charge in [0.25, 0.3) is 0 Å². The van der Waals surface area contributed by atoms with Gasteiger partial charge in [0.2, 0.25) is 0 Å². The minimum atomic E-state index is -0.929. The first kappa shape index (κ1) is 14.5. The Morgan fingerprint density at radius 1 is 1.32 bits per heavy atom. The second-order valence-electron chi connectivity index (χ2n) is 4.99. The Morgan fingerprint density at radius 2 is 1.89 bits per heavy atom. The number of likely N-dealkylation sites (tertiary alicyclic amines) is 1. The summed E-state index contributed by atoms with van der Waals surface area (Å²) in [7, 11) is 0. The van der Waals surface area contributed by atoms with Crippen LogP contribution in [-0.4, -0.2) is 35.1 Å². The second kappa shape index (κ2) is 6.50. The van der Waals surface area contributed by atoms with Gasteiger partial charge >= 0.3 is 5.97 Å². The van der Waals surface area contributed by atoms with E-state index in [9.17, 15) is 4.79 Å². The molecule has 0 aliphatic carbocycles. The molecular formula is C14H19BrN2O2. The van der Waals surface area contributed by atoms with Gasteiger partial charge < -0.3 is 10.8 Å². The summed E-state index contributed by atoms with van der Waals surface area (Å²) in [6.07, 6.45) is 2.81. The van der Waals surface area contributed by atoms with E-state index in [1.807, 2.05) is 24.3 Å². The molecule has 1 aromatic rings.